The molecule has 1 saturated heterocycles. The maximum absolute atomic E-state index is 13.1. The molecule has 2 heterocycles. The second kappa shape index (κ2) is 12.4. The number of aromatic nitrogens is 1. The van der Waals surface area contributed by atoms with Crippen molar-refractivity contribution in [3.63, 3.8) is 0 Å². The molecule has 3 aromatic rings. The predicted molar refractivity (Wildman–Crippen MR) is 155 cm³/mol. The van der Waals surface area contributed by atoms with Crippen LogP contribution in [0, 0.1) is 5.92 Å². The van der Waals surface area contributed by atoms with Gasteiger partial charge in [-0.25, -0.2) is 0 Å². The lowest BCUT2D eigenvalue weighted by Gasteiger charge is -2.39. The van der Waals surface area contributed by atoms with Crippen LogP contribution in [0.3, 0.4) is 0 Å². The van der Waals surface area contributed by atoms with Crippen molar-refractivity contribution in [2.24, 2.45) is 5.92 Å². The van der Waals surface area contributed by atoms with Crippen molar-refractivity contribution >= 4 is 16.8 Å². The molecule has 7 heteroatoms. The number of carbonyl (C=O) groups excluding carboxylic acids is 1. The minimum atomic E-state index is -0.610. The van der Waals surface area contributed by atoms with Crippen molar-refractivity contribution < 1.29 is 19.4 Å². The Bertz CT molecular complexity index is 1230. The Hall–Kier alpha value is -3.03. The first-order valence-electron chi connectivity index (χ1n) is 14.5. The Morgan fingerprint density at radius 2 is 1.95 bits per heavy atom. The van der Waals surface area contributed by atoms with E-state index in [0.717, 1.165) is 86.5 Å². The second-order valence-electron chi connectivity index (χ2n) is 11.6. The van der Waals surface area contributed by atoms with Crippen molar-refractivity contribution in [1.29, 1.82) is 0 Å². The van der Waals surface area contributed by atoms with Crippen molar-refractivity contribution in [3.8, 4) is 11.5 Å². The first kappa shape index (κ1) is 27.5. The summed E-state index contributed by atoms with van der Waals surface area (Å²) in [5.41, 5.74) is 1.99. The molecule has 2 aromatic carbocycles. The van der Waals surface area contributed by atoms with E-state index in [-0.39, 0.29) is 11.9 Å². The van der Waals surface area contributed by atoms with Crippen molar-refractivity contribution in [3.05, 3.63) is 59.8 Å². The Morgan fingerprint density at radius 1 is 1.15 bits per heavy atom. The van der Waals surface area contributed by atoms with E-state index in [9.17, 15) is 9.90 Å². The number of benzene rings is 2. The maximum atomic E-state index is 13.1. The molecule has 0 bridgehead atoms. The van der Waals surface area contributed by atoms with Gasteiger partial charge in [0.25, 0.3) is 5.91 Å². The molecule has 1 saturated carbocycles. The smallest absolute Gasteiger partial charge is 0.267 e. The number of piperidine rings is 1. The summed E-state index contributed by atoms with van der Waals surface area (Å²) in [5.74, 6) is 2.26. The second-order valence-corrected chi connectivity index (χ2v) is 11.6. The van der Waals surface area contributed by atoms with Crippen LogP contribution in [0.2, 0.25) is 0 Å². The van der Waals surface area contributed by atoms with Gasteiger partial charge in [-0.1, -0.05) is 25.1 Å². The molecule has 0 radical (unpaired) electrons. The number of hydrogen-bond acceptors (Lipinski definition) is 5. The van der Waals surface area contributed by atoms with Gasteiger partial charge >= 0.3 is 0 Å². The average molecular weight is 534 g/mol. The van der Waals surface area contributed by atoms with E-state index in [1.165, 1.54) is 18.4 Å². The van der Waals surface area contributed by atoms with Crippen LogP contribution in [0.1, 0.15) is 67.9 Å². The number of carbonyl (C=O) groups is 1. The summed E-state index contributed by atoms with van der Waals surface area (Å²) in [4.78, 5) is 18.9. The molecule has 210 valence electrons. The Balaban J connectivity index is 1.11. The molecule has 1 aliphatic carbocycles. The number of nitrogens with one attached hydrogen (secondary N) is 2. The van der Waals surface area contributed by atoms with Gasteiger partial charge in [0.1, 0.15) is 17.2 Å². The van der Waals surface area contributed by atoms with Crippen LogP contribution in [0.25, 0.3) is 10.9 Å². The van der Waals surface area contributed by atoms with Crippen LogP contribution < -0.4 is 14.8 Å². The number of hydrogen-bond donors (Lipinski definition) is 3. The summed E-state index contributed by atoms with van der Waals surface area (Å²) in [6, 6.07) is 15.8. The Kier molecular flexibility index (Phi) is 8.78. The fourth-order valence-electron chi connectivity index (χ4n) is 6.12. The van der Waals surface area contributed by atoms with Crippen LogP contribution in [-0.4, -0.2) is 65.9 Å². The number of aromatic amines is 1. The van der Waals surface area contributed by atoms with E-state index in [4.69, 9.17) is 9.47 Å². The van der Waals surface area contributed by atoms with Gasteiger partial charge in [-0.3, -0.25) is 4.79 Å². The third kappa shape index (κ3) is 7.14. The van der Waals surface area contributed by atoms with Gasteiger partial charge in [0.05, 0.1) is 19.3 Å². The zero-order chi connectivity index (χ0) is 27.2. The number of H-pyrrole nitrogens is 1. The summed E-state index contributed by atoms with van der Waals surface area (Å²) in [6.45, 7) is 6.13. The molecular formula is C32H43N3O4. The van der Waals surface area contributed by atoms with Gasteiger partial charge in [-0.2, -0.15) is 0 Å². The molecule has 1 aliphatic heterocycles. The number of nitrogens with zero attached hydrogens (tertiary/aromatic N) is 1. The minimum absolute atomic E-state index is 0.0828. The molecule has 2 aliphatic rings. The summed E-state index contributed by atoms with van der Waals surface area (Å²) in [5, 5.41) is 15.3. The molecule has 2 fully saturated rings. The van der Waals surface area contributed by atoms with Crippen molar-refractivity contribution in [2.45, 2.75) is 69.9 Å². The molecule has 1 atom stereocenters. The number of rotatable bonds is 10. The number of fused-ring (bicyclic) bond motifs is 1. The zero-order valence-corrected chi connectivity index (χ0v) is 23.4. The zero-order valence-electron chi connectivity index (χ0n) is 23.4. The molecule has 7 nitrogen and oxygen atoms in total. The van der Waals surface area contributed by atoms with E-state index in [2.05, 4.69) is 22.1 Å². The highest BCUT2D eigenvalue weighted by molar-refractivity contribution is 5.99. The number of aliphatic hydroxyl groups is 1. The molecule has 5 rings (SSSR count). The monoisotopic (exact) mass is 533 g/mol. The fourth-order valence-corrected chi connectivity index (χ4v) is 6.12. The lowest BCUT2D eigenvalue weighted by molar-refractivity contribution is -0.0201. The highest BCUT2D eigenvalue weighted by Crippen LogP contribution is 2.32. The Labute approximate surface area is 231 Å². The highest BCUT2D eigenvalue weighted by atomic mass is 16.5. The van der Waals surface area contributed by atoms with Gasteiger partial charge in [0.2, 0.25) is 0 Å². The molecule has 1 aromatic heterocycles. The standard InChI is InChI=1S/C32H43N3O4/c1-23-5-4-18-35(22-23)19-17-32(37)15-12-25(13-16-32)33-31(36)29-21-27-28(34-29)6-3-7-30(27)39-20-14-24-8-10-26(38-2)11-9-24/h3,6-11,21,23,25,34,37H,4-5,12-20,22H2,1-2H3,(H,33,36)/t23-,25?,32?/m1/s1. The normalized spacial score (nSPS) is 24.0. The van der Waals surface area contributed by atoms with Gasteiger partial charge in [-0.15, -0.1) is 0 Å². The summed E-state index contributed by atoms with van der Waals surface area (Å²) < 4.78 is 11.3. The average Bonchev–Trinajstić information content (AvgIpc) is 3.40. The molecular weight excluding hydrogens is 490 g/mol. The molecule has 3 N–H and O–H groups in total. The predicted octanol–water partition coefficient (Wildman–Crippen LogP) is 5.32. The van der Waals surface area contributed by atoms with Gasteiger partial charge in [-0.05, 0) is 93.3 Å². The molecule has 39 heavy (non-hydrogen) atoms. The van der Waals surface area contributed by atoms with E-state index in [0.29, 0.717) is 12.3 Å². The van der Waals surface area contributed by atoms with Crippen LogP contribution in [-0.2, 0) is 6.42 Å². The van der Waals surface area contributed by atoms with E-state index < -0.39 is 5.60 Å². The minimum Gasteiger partial charge on any atom is -0.497 e. The van der Waals surface area contributed by atoms with Crippen LogP contribution in [0.15, 0.2) is 48.5 Å². The molecule has 1 amide bonds. The van der Waals surface area contributed by atoms with Crippen LogP contribution in [0.5, 0.6) is 11.5 Å². The van der Waals surface area contributed by atoms with Gasteiger partial charge < -0.3 is 29.8 Å². The molecule has 0 spiro atoms. The topological polar surface area (TPSA) is 86.8 Å². The maximum Gasteiger partial charge on any atom is 0.267 e. The van der Waals surface area contributed by atoms with E-state index in [1.54, 1.807) is 7.11 Å². The largest absolute Gasteiger partial charge is 0.497 e. The number of methoxy groups -OCH3 is 1. The van der Waals surface area contributed by atoms with E-state index >= 15 is 0 Å². The number of ether oxygens (including phenoxy) is 2. The van der Waals surface area contributed by atoms with Gasteiger partial charge in [0, 0.05) is 36.5 Å². The van der Waals surface area contributed by atoms with Crippen LogP contribution in [0.4, 0.5) is 0 Å². The summed E-state index contributed by atoms with van der Waals surface area (Å²) in [6.07, 6.45) is 7.26. The van der Waals surface area contributed by atoms with Crippen molar-refractivity contribution in [1.82, 2.24) is 15.2 Å². The summed E-state index contributed by atoms with van der Waals surface area (Å²) >= 11 is 0. The molecule has 0 unspecified atom stereocenters. The first-order valence-corrected chi connectivity index (χ1v) is 14.5. The highest BCUT2D eigenvalue weighted by Gasteiger charge is 2.34. The third-order valence-corrected chi connectivity index (χ3v) is 8.56. The van der Waals surface area contributed by atoms with Crippen LogP contribution >= 0.6 is 0 Å². The fraction of sp³-hybridized carbons (Fsp3) is 0.531. The lowest BCUT2D eigenvalue weighted by Crippen LogP contribution is -2.45. The summed E-state index contributed by atoms with van der Waals surface area (Å²) in [7, 11) is 1.66. The SMILES string of the molecule is COc1ccc(CCOc2cccc3[nH]c(C(=O)NC4CCC(O)(CCN5CCC[C@@H](C)C5)CC4)cc23)cc1. The number of amides is 1. The quantitative estimate of drug-likeness (QED) is 0.328. The van der Waals surface area contributed by atoms with Crippen molar-refractivity contribution in [2.75, 3.05) is 33.4 Å². The van der Waals surface area contributed by atoms with Gasteiger partial charge in [0.15, 0.2) is 0 Å². The number of likely N-dealkylation sites (tertiary alicyclic amines) is 1. The Morgan fingerprint density at radius 3 is 2.69 bits per heavy atom. The first-order chi connectivity index (χ1) is 18.9. The third-order valence-electron chi connectivity index (χ3n) is 8.56. The lowest BCUT2D eigenvalue weighted by atomic mass is 9.80. The van der Waals surface area contributed by atoms with E-state index in [1.807, 2.05) is 48.5 Å².